The molecule has 0 radical (unpaired) electrons. The molecule has 4 nitrogen and oxygen atoms in total. The molecule has 1 fully saturated rings. The van der Waals surface area contributed by atoms with E-state index < -0.39 is 0 Å². The van der Waals surface area contributed by atoms with Crippen LogP contribution in [-0.4, -0.2) is 11.6 Å². The standard InChI is InChI=1S/C16H15N3O/c17-18-14-11-15(12-7-3-1-4-8-12)19(16(14)20)13-9-5-2-6-10-13/h1-10,15H,11,17H2/b18-14-. The normalized spacial score (nSPS) is 20.6. The molecule has 2 aromatic rings. The second kappa shape index (κ2) is 5.17. The van der Waals surface area contributed by atoms with Crippen molar-refractivity contribution in [1.29, 1.82) is 0 Å². The molecule has 20 heavy (non-hydrogen) atoms. The third-order valence-electron chi connectivity index (χ3n) is 3.54. The molecule has 0 aliphatic carbocycles. The average molecular weight is 265 g/mol. The fourth-order valence-corrected chi connectivity index (χ4v) is 2.58. The summed E-state index contributed by atoms with van der Waals surface area (Å²) in [6, 6.07) is 19.5. The zero-order valence-corrected chi connectivity index (χ0v) is 10.9. The van der Waals surface area contributed by atoms with Gasteiger partial charge in [0.1, 0.15) is 5.71 Å². The van der Waals surface area contributed by atoms with Crippen LogP contribution in [0.4, 0.5) is 5.69 Å². The van der Waals surface area contributed by atoms with Crippen molar-refractivity contribution >= 4 is 17.3 Å². The van der Waals surface area contributed by atoms with Crippen molar-refractivity contribution in [2.24, 2.45) is 10.9 Å². The number of nitrogens with two attached hydrogens (primary N) is 1. The largest absolute Gasteiger partial charge is 0.323 e. The first-order valence-corrected chi connectivity index (χ1v) is 6.51. The van der Waals surface area contributed by atoms with Crippen LogP contribution >= 0.6 is 0 Å². The second-order valence-electron chi connectivity index (χ2n) is 4.72. The minimum absolute atomic E-state index is 0.0478. The van der Waals surface area contributed by atoms with Crippen LogP contribution in [0.15, 0.2) is 65.8 Å². The number of nitrogens with zero attached hydrogens (tertiary/aromatic N) is 2. The Morgan fingerprint density at radius 2 is 1.60 bits per heavy atom. The number of para-hydroxylation sites is 1. The van der Waals surface area contributed by atoms with Gasteiger partial charge in [-0.25, -0.2) is 0 Å². The molecule has 2 N–H and O–H groups in total. The van der Waals surface area contributed by atoms with Crippen molar-refractivity contribution in [1.82, 2.24) is 0 Å². The van der Waals surface area contributed by atoms with Crippen molar-refractivity contribution in [2.75, 3.05) is 4.90 Å². The zero-order valence-electron chi connectivity index (χ0n) is 10.9. The summed E-state index contributed by atoms with van der Waals surface area (Å²) in [6.07, 6.45) is 0.536. The summed E-state index contributed by atoms with van der Waals surface area (Å²) in [5.41, 5.74) is 2.37. The lowest BCUT2D eigenvalue weighted by Gasteiger charge is -2.24. The zero-order chi connectivity index (χ0) is 13.9. The summed E-state index contributed by atoms with van der Waals surface area (Å²) in [7, 11) is 0. The summed E-state index contributed by atoms with van der Waals surface area (Å²) in [6.45, 7) is 0. The minimum Gasteiger partial charge on any atom is -0.323 e. The van der Waals surface area contributed by atoms with Crippen LogP contribution in [0.1, 0.15) is 18.0 Å². The highest BCUT2D eigenvalue weighted by molar-refractivity contribution is 6.46. The summed E-state index contributed by atoms with van der Waals surface area (Å²) < 4.78 is 0. The molecule has 1 heterocycles. The molecule has 2 aromatic carbocycles. The van der Waals surface area contributed by atoms with Gasteiger partial charge in [-0.05, 0) is 17.7 Å². The van der Waals surface area contributed by atoms with Crippen LogP contribution in [0.25, 0.3) is 0 Å². The molecule has 1 saturated heterocycles. The topological polar surface area (TPSA) is 58.7 Å². The number of anilines is 1. The van der Waals surface area contributed by atoms with E-state index >= 15 is 0 Å². The molecule has 1 aliphatic heterocycles. The molecule has 3 rings (SSSR count). The van der Waals surface area contributed by atoms with Gasteiger partial charge in [0.2, 0.25) is 0 Å². The van der Waals surface area contributed by atoms with E-state index in [9.17, 15) is 4.79 Å². The number of amides is 1. The molecule has 0 bridgehead atoms. The van der Waals surface area contributed by atoms with Crippen molar-refractivity contribution < 1.29 is 4.79 Å². The Hall–Kier alpha value is -2.62. The highest BCUT2D eigenvalue weighted by atomic mass is 16.2. The van der Waals surface area contributed by atoms with E-state index in [1.165, 1.54) is 0 Å². The number of hydrogen-bond donors (Lipinski definition) is 1. The van der Waals surface area contributed by atoms with Gasteiger partial charge in [0.15, 0.2) is 0 Å². The molecule has 100 valence electrons. The van der Waals surface area contributed by atoms with Crippen molar-refractivity contribution in [3.8, 4) is 0 Å². The van der Waals surface area contributed by atoms with E-state index in [2.05, 4.69) is 5.10 Å². The number of carbonyl (C=O) groups is 1. The molecule has 1 aliphatic rings. The quantitative estimate of drug-likeness (QED) is 0.670. The fourth-order valence-electron chi connectivity index (χ4n) is 2.58. The van der Waals surface area contributed by atoms with Crippen LogP contribution in [-0.2, 0) is 4.79 Å². The Kier molecular flexibility index (Phi) is 3.21. The Morgan fingerprint density at radius 3 is 2.20 bits per heavy atom. The summed E-state index contributed by atoms with van der Waals surface area (Å²) in [5, 5.41) is 3.65. The van der Waals surface area contributed by atoms with E-state index in [0.29, 0.717) is 12.1 Å². The Labute approximate surface area is 117 Å². The van der Waals surface area contributed by atoms with E-state index in [-0.39, 0.29) is 11.9 Å². The van der Waals surface area contributed by atoms with Crippen LogP contribution in [0.3, 0.4) is 0 Å². The van der Waals surface area contributed by atoms with Crippen molar-refractivity contribution in [3.63, 3.8) is 0 Å². The lowest BCUT2D eigenvalue weighted by Crippen LogP contribution is -2.29. The molecule has 0 aromatic heterocycles. The maximum absolute atomic E-state index is 12.4. The Morgan fingerprint density at radius 1 is 1.00 bits per heavy atom. The fraction of sp³-hybridized carbons (Fsp3) is 0.125. The van der Waals surface area contributed by atoms with Crippen LogP contribution < -0.4 is 10.7 Å². The van der Waals surface area contributed by atoms with Gasteiger partial charge in [0.05, 0.1) is 6.04 Å². The first-order chi connectivity index (χ1) is 9.81. The maximum atomic E-state index is 12.4. The molecule has 1 unspecified atom stereocenters. The summed E-state index contributed by atoms with van der Waals surface area (Å²) in [4.78, 5) is 14.2. The summed E-state index contributed by atoms with van der Waals surface area (Å²) >= 11 is 0. The molecule has 0 spiro atoms. The minimum atomic E-state index is -0.118. The number of benzene rings is 2. The maximum Gasteiger partial charge on any atom is 0.275 e. The van der Waals surface area contributed by atoms with Gasteiger partial charge in [-0.1, -0.05) is 48.5 Å². The van der Waals surface area contributed by atoms with Gasteiger partial charge in [-0.3, -0.25) is 9.69 Å². The highest BCUT2D eigenvalue weighted by Gasteiger charge is 2.38. The smallest absolute Gasteiger partial charge is 0.275 e. The van der Waals surface area contributed by atoms with E-state index in [0.717, 1.165) is 11.3 Å². The SMILES string of the molecule is N/N=C1/CC(c2ccccc2)N(c2ccccc2)C1=O. The lowest BCUT2D eigenvalue weighted by molar-refractivity contribution is -0.112. The number of hydrogen-bond acceptors (Lipinski definition) is 3. The van der Waals surface area contributed by atoms with E-state index in [4.69, 9.17) is 5.84 Å². The molecule has 0 saturated carbocycles. The Bertz CT molecular complexity index is 637. The van der Waals surface area contributed by atoms with Gasteiger partial charge in [0, 0.05) is 12.1 Å². The van der Waals surface area contributed by atoms with Gasteiger partial charge in [-0.2, -0.15) is 5.10 Å². The third-order valence-corrected chi connectivity index (χ3v) is 3.54. The average Bonchev–Trinajstić information content (AvgIpc) is 2.86. The van der Waals surface area contributed by atoms with Crippen LogP contribution in [0, 0.1) is 0 Å². The van der Waals surface area contributed by atoms with Gasteiger partial charge < -0.3 is 5.84 Å². The first kappa shape index (κ1) is 12.4. The predicted octanol–water partition coefficient (Wildman–Crippen LogP) is 2.48. The second-order valence-corrected chi connectivity index (χ2v) is 4.72. The monoisotopic (exact) mass is 265 g/mol. The summed E-state index contributed by atoms with van der Waals surface area (Å²) in [5.74, 6) is 5.23. The molecular weight excluding hydrogens is 250 g/mol. The van der Waals surface area contributed by atoms with Gasteiger partial charge in [-0.15, -0.1) is 0 Å². The molecule has 1 amide bonds. The molecule has 4 heteroatoms. The number of carbonyl (C=O) groups excluding carboxylic acids is 1. The first-order valence-electron chi connectivity index (χ1n) is 6.51. The highest BCUT2D eigenvalue weighted by Crippen LogP contribution is 2.35. The van der Waals surface area contributed by atoms with Gasteiger partial charge >= 0.3 is 0 Å². The van der Waals surface area contributed by atoms with Crippen molar-refractivity contribution in [2.45, 2.75) is 12.5 Å². The third kappa shape index (κ3) is 2.05. The molecular formula is C16H15N3O. The number of hydrazone groups is 1. The van der Waals surface area contributed by atoms with E-state index in [1.807, 2.05) is 60.7 Å². The van der Waals surface area contributed by atoms with Crippen LogP contribution in [0.2, 0.25) is 0 Å². The number of rotatable bonds is 2. The van der Waals surface area contributed by atoms with Crippen LogP contribution in [0.5, 0.6) is 0 Å². The Balaban J connectivity index is 2.06. The van der Waals surface area contributed by atoms with Crippen molar-refractivity contribution in [3.05, 3.63) is 66.2 Å². The van der Waals surface area contributed by atoms with E-state index in [1.54, 1.807) is 4.90 Å². The van der Waals surface area contributed by atoms with Gasteiger partial charge in [0.25, 0.3) is 5.91 Å². The molecule has 1 atom stereocenters. The lowest BCUT2D eigenvalue weighted by atomic mass is 10.0. The predicted molar refractivity (Wildman–Crippen MR) is 79.4 cm³/mol.